The van der Waals surface area contributed by atoms with E-state index in [2.05, 4.69) is 26.1 Å². The maximum absolute atomic E-state index is 12.5. The molecule has 1 rings (SSSR count). The first-order valence-corrected chi connectivity index (χ1v) is 7.18. The number of rotatable bonds is 4. The first-order valence-electron chi connectivity index (χ1n) is 7.18. The summed E-state index contributed by atoms with van der Waals surface area (Å²) in [6.45, 7) is 11.9. The lowest BCUT2D eigenvalue weighted by atomic mass is 9.80. The number of carbonyl (C=O) groups excluding carboxylic acids is 3. The summed E-state index contributed by atoms with van der Waals surface area (Å²) in [7, 11) is 0. The third-order valence-corrected chi connectivity index (χ3v) is 3.41. The van der Waals surface area contributed by atoms with Gasteiger partial charge in [-0.3, -0.25) is 19.8 Å². The minimum absolute atomic E-state index is 0.0221. The van der Waals surface area contributed by atoms with E-state index in [9.17, 15) is 14.4 Å². The lowest BCUT2D eigenvalue weighted by Gasteiger charge is -2.43. The van der Waals surface area contributed by atoms with Crippen molar-refractivity contribution in [3.8, 4) is 0 Å². The molecule has 5 heteroatoms. The molecule has 114 valence electrons. The Morgan fingerprint density at radius 2 is 1.65 bits per heavy atom. The topological polar surface area (TPSA) is 66.5 Å². The van der Waals surface area contributed by atoms with Crippen LogP contribution in [0.3, 0.4) is 0 Å². The van der Waals surface area contributed by atoms with Crippen LogP contribution in [0, 0.1) is 11.3 Å². The Hall–Kier alpha value is -1.39. The average molecular weight is 282 g/mol. The zero-order valence-electron chi connectivity index (χ0n) is 13.4. The molecule has 20 heavy (non-hydrogen) atoms. The fraction of sp³-hybridized carbons (Fsp3) is 0.800. The smallest absolute Gasteiger partial charge is 0.277 e. The van der Waals surface area contributed by atoms with E-state index in [0.717, 1.165) is 6.42 Å². The number of hydrogen-bond acceptors (Lipinski definition) is 3. The van der Waals surface area contributed by atoms with Crippen molar-refractivity contribution in [1.82, 2.24) is 10.2 Å². The molecule has 1 heterocycles. The summed E-state index contributed by atoms with van der Waals surface area (Å²) in [6, 6.07) is -0.596. The third kappa shape index (κ3) is 3.58. The molecule has 1 unspecified atom stereocenters. The molecular formula is C15H26N2O3. The Bertz CT molecular complexity index is 421. The molecule has 1 fully saturated rings. The molecule has 0 aromatic carbocycles. The number of imide groups is 2. The molecule has 0 radical (unpaired) electrons. The zero-order chi connectivity index (χ0) is 15.7. The lowest BCUT2D eigenvalue weighted by Crippen LogP contribution is -2.64. The number of nitrogens with zero attached hydrogens (tertiary/aromatic N) is 1. The number of amides is 4. The van der Waals surface area contributed by atoms with Crippen molar-refractivity contribution < 1.29 is 14.4 Å². The zero-order valence-corrected chi connectivity index (χ0v) is 13.4. The van der Waals surface area contributed by atoms with Gasteiger partial charge in [-0.1, -0.05) is 34.1 Å². The second kappa shape index (κ2) is 5.54. The molecule has 4 amide bonds. The molecule has 1 aliphatic heterocycles. The molecule has 0 spiro atoms. The molecule has 0 bridgehead atoms. The third-order valence-electron chi connectivity index (χ3n) is 3.41. The first kappa shape index (κ1) is 16.7. The second-order valence-electron chi connectivity index (χ2n) is 7.36. The van der Waals surface area contributed by atoms with E-state index < -0.39 is 23.4 Å². The van der Waals surface area contributed by atoms with Gasteiger partial charge in [0.05, 0.1) is 0 Å². The maximum Gasteiger partial charge on any atom is 0.331 e. The number of urea groups is 1. The fourth-order valence-corrected chi connectivity index (χ4v) is 3.11. The van der Waals surface area contributed by atoms with Crippen molar-refractivity contribution in [2.75, 3.05) is 0 Å². The summed E-state index contributed by atoms with van der Waals surface area (Å²) in [4.78, 5) is 37.6. The van der Waals surface area contributed by atoms with Gasteiger partial charge in [-0.15, -0.1) is 0 Å². The predicted molar refractivity (Wildman–Crippen MR) is 76.9 cm³/mol. The van der Waals surface area contributed by atoms with Crippen LogP contribution in [-0.2, 0) is 9.59 Å². The highest BCUT2D eigenvalue weighted by atomic mass is 16.2. The van der Waals surface area contributed by atoms with Crippen molar-refractivity contribution in [3.63, 3.8) is 0 Å². The van der Waals surface area contributed by atoms with Gasteiger partial charge in [0.2, 0.25) is 11.8 Å². The van der Waals surface area contributed by atoms with E-state index >= 15 is 0 Å². The fourth-order valence-electron chi connectivity index (χ4n) is 3.11. The second-order valence-corrected chi connectivity index (χ2v) is 7.36. The van der Waals surface area contributed by atoms with E-state index in [1.54, 1.807) is 0 Å². The summed E-state index contributed by atoms with van der Waals surface area (Å²) < 4.78 is 0. The van der Waals surface area contributed by atoms with Crippen LogP contribution in [0.25, 0.3) is 0 Å². The van der Waals surface area contributed by atoms with Gasteiger partial charge in [0.25, 0.3) is 0 Å². The maximum atomic E-state index is 12.5. The first-order chi connectivity index (χ1) is 8.99. The normalized spacial score (nSPS) is 21.2. The van der Waals surface area contributed by atoms with Crippen molar-refractivity contribution in [2.45, 2.75) is 66.3 Å². The highest BCUT2D eigenvalue weighted by Gasteiger charge is 2.47. The van der Waals surface area contributed by atoms with Crippen molar-refractivity contribution in [2.24, 2.45) is 11.3 Å². The molecule has 1 aliphatic rings. The van der Waals surface area contributed by atoms with Gasteiger partial charge in [-0.2, -0.15) is 0 Å². The van der Waals surface area contributed by atoms with E-state index in [4.69, 9.17) is 0 Å². The standard InChI is InChI=1S/C15H26N2O3/c1-7-8-10-11(18)16-13(20)17(12(10)19)15(5,6)9-14(2,3)4/h10H,7-9H2,1-6H3,(H,16,18,20). The van der Waals surface area contributed by atoms with Crippen molar-refractivity contribution >= 4 is 17.8 Å². The lowest BCUT2D eigenvalue weighted by molar-refractivity contribution is -0.146. The minimum Gasteiger partial charge on any atom is -0.277 e. The van der Waals surface area contributed by atoms with Gasteiger partial charge in [0.1, 0.15) is 5.92 Å². The summed E-state index contributed by atoms with van der Waals surface area (Å²) in [6.07, 6.45) is 1.87. The summed E-state index contributed by atoms with van der Waals surface area (Å²) >= 11 is 0. The van der Waals surface area contributed by atoms with Crippen LogP contribution < -0.4 is 5.32 Å². The van der Waals surface area contributed by atoms with Gasteiger partial charge in [0, 0.05) is 5.54 Å². The van der Waals surface area contributed by atoms with Gasteiger partial charge in [0.15, 0.2) is 0 Å². The molecule has 0 aliphatic carbocycles. The van der Waals surface area contributed by atoms with Crippen LogP contribution in [0.2, 0.25) is 0 Å². The van der Waals surface area contributed by atoms with Crippen molar-refractivity contribution in [1.29, 1.82) is 0 Å². The number of barbiturate groups is 1. The Kier molecular flexibility index (Phi) is 4.62. The average Bonchev–Trinajstić information content (AvgIpc) is 2.19. The highest BCUT2D eigenvalue weighted by molar-refractivity contribution is 6.16. The molecule has 0 aromatic rings. The quantitative estimate of drug-likeness (QED) is 0.806. The summed E-state index contributed by atoms with van der Waals surface area (Å²) in [5.41, 5.74) is -0.641. The van der Waals surface area contributed by atoms with Gasteiger partial charge >= 0.3 is 6.03 Å². The van der Waals surface area contributed by atoms with Crippen LogP contribution in [0.5, 0.6) is 0 Å². The van der Waals surface area contributed by atoms with Gasteiger partial charge in [-0.05, 0) is 32.1 Å². The Morgan fingerprint density at radius 3 is 2.10 bits per heavy atom. The van der Waals surface area contributed by atoms with E-state index in [1.807, 2.05) is 20.8 Å². The number of hydrogen-bond donors (Lipinski definition) is 1. The predicted octanol–water partition coefficient (Wildman–Crippen LogP) is 2.70. The van der Waals surface area contributed by atoms with Crippen LogP contribution in [0.4, 0.5) is 4.79 Å². The van der Waals surface area contributed by atoms with Gasteiger partial charge in [-0.25, -0.2) is 4.79 Å². The number of carbonyl (C=O) groups is 3. The summed E-state index contributed by atoms with van der Waals surface area (Å²) in [5.74, 6) is -1.57. The summed E-state index contributed by atoms with van der Waals surface area (Å²) in [5, 5.41) is 2.31. The highest BCUT2D eigenvalue weighted by Crippen LogP contribution is 2.33. The molecule has 1 atom stereocenters. The van der Waals surface area contributed by atoms with E-state index in [0.29, 0.717) is 12.8 Å². The van der Waals surface area contributed by atoms with Crippen LogP contribution in [0.1, 0.15) is 60.8 Å². The van der Waals surface area contributed by atoms with E-state index in [-0.39, 0.29) is 11.3 Å². The van der Waals surface area contributed by atoms with Crippen LogP contribution in [-0.4, -0.2) is 28.3 Å². The Balaban J connectivity index is 3.05. The molecule has 0 aromatic heterocycles. The Morgan fingerprint density at radius 1 is 1.10 bits per heavy atom. The van der Waals surface area contributed by atoms with E-state index in [1.165, 1.54) is 4.90 Å². The largest absolute Gasteiger partial charge is 0.331 e. The Labute approximate surface area is 121 Å². The van der Waals surface area contributed by atoms with Crippen LogP contribution in [0.15, 0.2) is 0 Å². The monoisotopic (exact) mass is 282 g/mol. The minimum atomic E-state index is -0.739. The molecule has 1 saturated heterocycles. The van der Waals surface area contributed by atoms with Gasteiger partial charge < -0.3 is 0 Å². The SMILES string of the molecule is CCCC1C(=O)NC(=O)N(C(C)(C)CC(C)(C)C)C1=O. The molecular weight excluding hydrogens is 256 g/mol. The molecule has 0 saturated carbocycles. The molecule has 1 N–H and O–H groups in total. The van der Waals surface area contributed by atoms with Crippen molar-refractivity contribution in [3.05, 3.63) is 0 Å². The van der Waals surface area contributed by atoms with Crippen LogP contribution >= 0.6 is 0 Å². The molecule has 5 nitrogen and oxygen atoms in total. The number of nitrogens with one attached hydrogen (secondary N) is 1.